The Balaban J connectivity index is 1.83. The third-order valence-electron chi connectivity index (χ3n) is 6.18. The van der Waals surface area contributed by atoms with Gasteiger partial charge in [-0.2, -0.15) is 5.26 Å². The van der Waals surface area contributed by atoms with E-state index in [1.54, 1.807) is 6.07 Å². The molecule has 7 heteroatoms. The molecular weight excluding hydrogens is 405 g/mol. The predicted molar refractivity (Wildman–Crippen MR) is 126 cm³/mol. The molecule has 1 saturated heterocycles. The summed E-state index contributed by atoms with van der Waals surface area (Å²) >= 11 is 0. The van der Waals surface area contributed by atoms with Gasteiger partial charge in [0.15, 0.2) is 0 Å². The number of nitrogens with two attached hydrogens (primary N) is 1. The van der Waals surface area contributed by atoms with Crippen LogP contribution < -0.4 is 16.0 Å². The molecule has 1 aliphatic heterocycles. The van der Waals surface area contributed by atoms with Gasteiger partial charge in [-0.15, -0.1) is 0 Å². The van der Waals surface area contributed by atoms with Gasteiger partial charge in [-0.05, 0) is 75.2 Å². The highest BCUT2D eigenvalue weighted by molar-refractivity contribution is 5.88. The van der Waals surface area contributed by atoms with Gasteiger partial charge in [0.2, 0.25) is 5.91 Å². The van der Waals surface area contributed by atoms with E-state index in [1.165, 1.54) is 19.1 Å². The second-order valence-corrected chi connectivity index (χ2v) is 8.47. The highest BCUT2D eigenvalue weighted by Crippen LogP contribution is 2.29. The number of hydrogen-bond acceptors (Lipinski definition) is 5. The molecule has 1 atom stereocenters. The van der Waals surface area contributed by atoms with Gasteiger partial charge in [-0.1, -0.05) is 0 Å². The Kier molecular flexibility index (Phi) is 8.20. The minimum atomic E-state index is -0.308. The molecule has 1 unspecified atom stereocenters. The van der Waals surface area contributed by atoms with Crippen LogP contribution in [0.1, 0.15) is 44.2 Å². The fraction of sp³-hybridized carbons (Fsp3) is 0.440. The number of rotatable bonds is 8. The number of piperidine rings is 1. The molecule has 0 radical (unpaired) electrons. The number of carbonyl (C=O) groups is 1. The van der Waals surface area contributed by atoms with E-state index in [-0.39, 0.29) is 17.8 Å². The Morgan fingerprint density at radius 1 is 1.28 bits per heavy atom. The number of nitrogens with zero attached hydrogens (tertiary/aromatic N) is 3. The van der Waals surface area contributed by atoms with Crippen LogP contribution in [0.15, 0.2) is 42.5 Å². The number of likely N-dealkylation sites (tertiary alicyclic amines) is 1. The molecule has 0 aromatic heterocycles. The molecule has 170 valence electrons. The molecule has 1 aliphatic rings. The zero-order valence-corrected chi connectivity index (χ0v) is 18.9. The average molecular weight is 438 g/mol. The fourth-order valence-electron chi connectivity index (χ4n) is 4.38. The molecule has 0 saturated carbocycles. The van der Waals surface area contributed by atoms with Crippen molar-refractivity contribution in [2.75, 3.05) is 29.9 Å². The molecule has 0 spiro atoms. The van der Waals surface area contributed by atoms with Crippen LogP contribution in [0.2, 0.25) is 0 Å². The second kappa shape index (κ2) is 11.1. The lowest BCUT2D eigenvalue weighted by Crippen LogP contribution is -2.47. The highest BCUT2D eigenvalue weighted by atomic mass is 19.1. The largest absolute Gasteiger partial charge is 0.364 e. The normalized spacial score (nSPS) is 15.7. The number of halogens is 1. The summed E-state index contributed by atoms with van der Waals surface area (Å²) in [7, 11) is 0. The molecule has 1 fully saturated rings. The van der Waals surface area contributed by atoms with E-state index < -0.39 is 0 Å². The maximum absolute atomic E-state index is 14.6. The molecule has 2 aromatic carbocycles. The fourth-order valence-corrected chi connectivity index (χ4v) is 4.38. The molecule has 0 aliphatic carbocycles. The molecule has 3 rings (SSSR count). The van der Waals surface area contributed by atoms with Gasteiger partial charge in [-0.25, -0.2) is 4.39 Å². The molecule has 3 N–H and O–H groups in total. The minimum Gasteiger partial charge on any atom is -0.364 e. The first kappa shape index (κ1) is 23.7. The van der Waals surface area contributed by atoms with Gasteiger partial charge in [-0.3, -0.25) is 4.79 Å². The molecule has 1 heterocycles. The van der Waals surface area contributed by atoms with E-state index in [4.69, 9.17) is 5.73 Å². The maximum Gasteiger partial charge on any atom is 0.221 e. The summed E-state index contributed by atoms with van der Waals surface area (Å²) in [6, 6.07) is 14.9. The van der Waals surface area contributed by atoms with Crippen molar-refractivity contribution >= 4 is 17.3 Å². The van der Waals surface area contributed by atoms with Gasteiger partial charge < -0.3 is 20.9 Å². The summed E-state index contributed by atoms with van der Waals surface area (Å²) in [6.07, 6.45) is 2.90. The monoisotopic (exact) mass is 437 g/mol. The Labute approximate surface area is 189 Å². The Morgan fingerprint density at radius 2 is 1.97 bits per heavy atom. The van der Waals surface area contributed by atoms with Crippen LogP contribution in [-0.2, 0) is 11.3 Å². The van der Waals surface area contributed by atoms with Crippen LogP contribution in [0, 0.1) is 17.1 Å². The van der Waals surface area contributed by atoms with Crippen molar-refractivity contribution in [3.63, 3.8) is 0 Å². The summed E-state index contributed by atoms with van der Waals surface area (Å²) in [5.41, 5.74) is 8.39. The van der Waals surface area contributed by atoms with Crippen LogP contribution in [0.5, 0.6) is 0 Å². The van der Waals surface area contributed by atoms with E-state index in [2.05, 4.69) is 28.1 Å². The van der Waals surface area contributed by atoms with Crippen molar-refractivity contribution in [1.82, 2.24) is 4.90 Å². The van der Waals surface area contributed by atoms with Gasteiger partial charge in [0.25, 0.3) is 0 Å². The Bertz CT molecular complexity index is 948. The topological polar surface area (TPSA) is 85.4 Å². The lowest BCUT2D eigenvalue weighted by Gasteiger charge is -2.42. The maximum atomic E-state index is 14.6. The SMILES string of the molecule is CC(=O)Nc1ccc(N(Cc2cc(C#N)ccc2F)C2CCN(C(C)CCN)CC2)cc1. The van der Waals surface area contributed by atoms with Crippen LogP contribution in [0.4, 0.5) is 15.8 Å². The third kappa shape index (κ3) is 6.06. The van der Waals surface area contributed by atoms with Crippen molar-refractivity contribution in [3.05, 3.63) is 59.4 Å². The van der Waals surface area contributed by atoms with Gasteiger partial charge >= 0.3 is 0 Å². The number of nitriles is 1. The smallest absolute Gasteiger partial charge is 0.221 e. The summed E-state index contributed by atoms with van der Waals surface area (Å²) < 4.78 is 14.6. The number of hydrogen-bond donors (Lipinski definition) is 2. The highest BCUT2D eigenvalue weighted by Gasteiger charge is 2.27. The first-order valence-corrected chi connectivity index (χ1v) is 11.2. The van der Waals surface area contributed by atoms with E-state index >= 15 is 0 Å². The number of benzene rings is 2. The van der Waals surface area contributed by atoms with Crippen LogP contribution >= 0.6 is 0 Å². The van der Waals surface area contributed by atoms with Crippen LogP contribution in [0.25, 0.3) is 0 Å². The van der Waals surface area contributed by atoms with Crippen molar-refractivity contribution in [2.24, 2.45) is 5.73 Å². The lowest BCUT2D eigenvalue weighted by molar-refractivity contribution is -0.114. The number of carbonyl (C=O) groups excluding carboxylic acids is 1. The van der Waals surface area contributed by atoms with Gasteiger partial charge in [0.1, 0.15) is 5.82 Å². The molecule has 32 heavy (non-hydrogen) atoms. The van der Waals surface area contributed by atoms with Crippen molar-refractivity contribution in [1.29, 1.82) is 5.26 Å². The second-order valence-electron chi connectivity index (χ2n) is 8.47. The zero-order valence-electron chi connectivity index (χ0n) is 18.9. The first-order chi connectivity index (χ1) is 15.4. The zero-order chi connectivity index (χ0) is 23.1. The lowest BCUT2D eigenvalue weighted by atomic mass is 9.99. The predicted octanol–water partition coefficient (Wildman–Crippen LogP) is 3.86. The van der Waals surface area contributed by atoms with E-state index in [9.17, 15) is 14.4 Å². The van der Waals surface area contributed by atoms with E-state index in [0.717, 1.165) is 43.7 Å². The van der Waals surface area contributed by atoms with Crippen molar-refractivity contribution in [3.8, 4) is 6.07 Å². The third-order valence-corrected chi connectivity index (χ3v) is 6.18. The summed E-state index contributed by atoms with van der Waals surface area (Å²) in [4.78, 5) is 16.0. The average Bonchev–Trinajstić information content (AvgIpc) is 2.79. The number of anilines is 2. The standard InChI is InChI=1S/C25H32FN5O/c1-18(9-12-27)30-13-10-24(11-14-30)31(17-21-15-20(16-28)3-8-25(21)26)23-6-4-22(5-7-23)29-19(2)32/h3-8,15,18,24H,9-14,17,27H2,1-2H3,(H,29,32). The van der Waals surface area contributed by atoms with Gasteiger partial charge in [0.05, 0.1) is 11.6 Å². The van der Waals surface area contributed by atoms with Crippen molar-refractivity contribution in [2.45, 2.75) is 51.7 Å². The molecule has 6 nitrogen and oxygen atoms in total. The molecule has 2 aromatic rings. The Hall–Kier alpha value is -2.95. The van der Waals surface area contributed by atoms with Crippen molar-refractivity contribution < 1.29 is 9.18 Å². The quantitative estimate of drug-likeness (QED) is 0.655. The van der Waals surface area contributed by atoms with Gasteiger partial charge in [0, 0.05) is 55.6 Å². The minimum absolute atomic E-state index is 0.121. The number of nitrogens with one attached hydrogen (secondary N) is 1. The summed E-state index contributed by atoms with van der Waals surface area (Å²) in [5, 5.41) is 12.0. The summed E-state index contributed by atoms with van der Waals surface area (Å²) in [6.45, 7) is 6.69. The molecular formula is C25H32FN5O. The molecule has 0 bridgehead atoms. The number of amides is 1. The van der Waals surface area contributed by atoms with E-state index in [0.29, 0.717) is 30.3 Å². The van der Waals surface area contributed by atoms with Crippen LogP contribution in [0.3, 0.4) is 0 Å². The van der Waals surface area contributed by atoms with E-state index in [1.807, 2.05) is 24.3 Å². The Morgan fingerprint density at radius 3 is 2.56 bits per heavy atom. The summed E-state index contributed by atoms with van der Waals surface area (Å²) in [5.74, 6) is -0.429. The molecule has 1 amide bonds. The van der Waals surface area contributed by atoms with Crippen LogP contribution in [-0.4, -0.2) is 42.5 Å². The first-order valence-electron chi connectivity index (χ1n) is 11.2.